The fourth-order valence-electron chi connectivity index (χ4n) is 2.24. The molecule has 0 spiro atoms. The summed E-state index contributed by atoms with van der Waals surface area (Å²) in [5, 5.41) is 3.38. The van der Waals surface area contributed by atoms with Gasteiger partial charge < -0.3 is 5.32 Å². The van der Waals surface area contributed by atoms with E-state index in [4.69, 9.17) is 0 Å². The van der Waals surface area contributed by atoms with Gasteiger partial charge in [-0.1, -0.05) is 30.3 Å². The summed E-state index contributed by atoms with van der Waals surface area (Å²) in [6.07, 6.45) is 3.01. The molecule has 1 aromatic carbocycles. The molecule has 0 saturated heterocycles. The van der Waals surface area contributed by atoms with Crippen molar-refractivity contribution in [2.75, 3.05) is 11.9 Å². The van der Waals surface area contributed by atoms with Crippen molar-refractivity contribution in [2.24, 2.45) is 0 Å². The van der Waals surface area contributed by atoms with Gasteiger partial charge in [0.2, 0.25) is 0 Å². The molecule has 0 radical (unpaired) electrons. The van der Waals surface area contributed by atoms with E-state index in [0.717, 1.165) is 12.4 Å². The monoisotopic (exact) mass is 210 g/mol. The van der Waals surface area contributed by atoms with E-state index < -0.39 is 0 Å². The zero-order chi connectivity index (χ0) is 10.8. The quantitative estimate of drug-likeness (QED) is 0.842. The molecule has 1 N–H and O–H groups in total. The standard InChI is InChI=1S/C14H14N2/c1-2-6-13-11(5-1)9-12(13)10-16-14-7-3-4-8-15-14/h1-8,12H,9-10H2,(H,15,16). The third-order valence-electron chi connectivity index (χ3n) is 3.16. The van der Waals surface area contributed by atoms with Crippen molar-refractivity contribution in [3.8, 4) is 0 Å². The maximum absolute atomic E-state index is 4.25. The van der Waals surface area contributed by atoms with Gasteiger partial charge in [0.25, 0.3) is 0 Å². The number of aromatic nitrogens is 1. The summed E-state index contributed by atoms with van der Waals surface area (Å²) < 4.78 is 0. The highest BCUT2D eigenvalue weighted by Crippen LogP contribution is 2.34. The van der Waals surface area contributed by atoms with Crippen LogP contribution in [0, 0.1) is 0 Å². The van der Waals surface area contributed by atoms with Crippen LogP contribution in [0.25, 0.3) is 0 Å². The molecule has 1 aliphatic rings. The van der Waals surface area contributed by atoms with E-state index in [1.165, 1.54) is 17.5 Å². The fraction of sp³-hybridized carbons (Fsp3) is 0.214. The van der Waals surface area contributed by atoms with Crippen LogP contribution in [-0.2, 0) is 6.42 Å². The van der Waals surface area contributed by atoms with Crippen LogP contribution in [0.4, 0.5) is 5.82 Å². The predicted octanol–water partition coefficient (Wildman–Crippen LogP) is 2.83. The molecular formula is C14H14N2. The Labute approximate surface area is 95.3 Å². The fourth-order valence-corrected chi connectivity index (χ4v) is 2.24. The first-order valence-electron chi connectivity index (χ1n) is 5.66. The van der Waals surface area contributed by atoms with E-state index in [1.807, 2.05) is 24.4 Å². The second kappa shape index (κ2) is 3.97. The molecule has 0 amide bonds. The van der Waals surface area contributed by atoms with Crippen LogP contribution in [0.15, 0.2) is 48.7 Å². The van der Waals surface area contributed by atoms with Gasteiger partial charge in [-0.15, -0.1) is 0 Å². The minimum Gasteiger partial charge on any atom is -0.369 e. The lowest BCUT2D eigenvalue weighted by Crippen LogP contribution is -2.24. The second-order valence-electron chi connectivity index (χ2n) is 4.20. The van der Waals surface area contributed by atoms with Gasteiger partial charge in [-0.05, 0) is 29.7 Å². The molecule has 1 heterocycles. The lowest BCUT2D eigenvalue weighted by molar-refractivity contribution is 0.634. The van der Waals surface area contributed by atoms with Crippen molar-refractivity contribution < 1.29 is 0 Å². The summed E-state index contributed by atoms with van der Waals surface area (Å²) in [5.74, 6) is 1.62. The van der Waals surface area contributed by atoms with Gasteiger partial charge in [-0.25, -0.2) is 4.98 Å². The maximum atomic E-state index is 4.25. The average Bonchev–Trinajstić information content (AvgIpc) is 2.32. The van der Waals surface area contributed by atoms with Crippen LogP contribution in [0.1, 0.15) is 17.0 Å². The molecule has 1 atom stereocenters. The van der Waals surface area contributed by atoms with Crippen molar-refractivity contribution in [1.29, 1.82) is 0 Å². The third kappa shape index (κ3) is 1.67. The molecule has 0 aliphatic heterocycles. The summed E-state index contributed by atoms with van der Waals surface area (Å²) in [7, 11) is 0. The minimum atomic E-state index is 0.651. The van der Waals surface area contributed by atoms with Crippen LogP contribution in [0.2, 0.25) is 0 Å². The van der Waals surface area contributed by atoms with Crippen molar-refractivity contribution in [2.45, 2.75) is 12.3 Å². The highest BCUT2D eigenvalue weighted by Gasteiger charge is 2.24. The zero-order valence-corrected chi connectivity index (χ0v) is 9.06. The Morgan fingerprint density at radius 2 is 2.00 bits per heavy atom. The molecule has 1 unspecified atom stereocenters. The Balaban J connectivity index is 1.63. The number of hydrogen-bond acceptors (Lipinski definition) is 2. The molecule has 2 nitrogen and oxygen atoms in total. The van der Waals surface area contributed by atoms with E-state index in [1.54, 1.807) is 0 Å². The molecule has 0 fully saturated rings. The third-order valence-corrected chi connectivity index (χ3v) is 3.16. The summed E-state index contributed by atoms with van der Waals surface area (Å²) in [5.41, 5.74) is 2.99. The second-order valence-corrected chi connectivity index (χ2v) is 4.20. The summed E-state index contributed by atoms with van der Waals surface area (Å²) in [6.45, 7) is 0.980. The van der Waals surface area contributed by atoms with Gasteiger partial charge >= 0.3 is 0 Å². The first-order valence-corrected chi connectivity index (χ1v) is 5.66. The van der Waals surface area contributed by atoms with Crippen LogP contribution in [0.5, 0.6) is 0 Å². The lowest BCUT2D eigenvalue weighted by Gasteiger charge is -2.30. The van der Waals surface area contributed by atoms with E-state index in [-0.39, 0.29) is 0 Å². The Morgan fingerprint density at radius 1 is 1.12 bits per heavy atom. The highest BCUT2D eigenvalue weighted by atomic mass is 15.0. The number of benzene rings is 1. The topological polar surface area (TPSA) is 24.9 Å². The van der Waals surface area contributed by atoms with Gasteiger partial charge in [0, 0.05) is 18.7 Å². The van der Waals surface area contributed by atoms with Crippen molar-refractivity contribution >= 4 is 5.82 Å². The number of hydrogen-bond donors (Lipinski definition) is 1. The van der Waals surface area contributed by atoms with Crippen LogP contribution in [0.3, 0.4) is 0 Å². The smallest absolute Gasteiger partial charge is 0.125 e. The normalized spacial score (nSPS) is 17.4. The predicted molar refractivity (Wildman–Crippen MR) is 65.6 cm³/mol. The van der Waals surface area contributed by atoms with Gasteiger partial charge in [0.1, 0.15) is 5.82 Å². The van der Waals surface area contributed by atoms with E-state index in [9.17, 15) is 0 Å². The Hall–Kier alpha value is -1.83. The van der Waals surface area contributed by atoms with E-state index >= 15 is 0 Å². The average molecular weight is 210 g/mol. The Bertz CT molecular complexity index is 479. The molecule has 2 aromatic rings. The number of fused-ring (bicyclic) bond motifs is 1. The Morgan fingerprint density at radius 3 is 2.81 bits per heavy atom. The SMILES string of the molecule is c1ccc(NCC2Cc3ccccc32)nc1. The van der Waals surface area contributed by atoms with Gasteiger partial charge in [-0.3, -0.25) is 0 Å². The molecule has 2 heteroatoms. The van der Waals surface area contributed by atoms with Crippen molar-refractivity contribution in [3.05, 3.63) is 59.8 Å². The van der Waals surface area contributed by atoms with E-state index in [0.29, 0.717) is 5.92 Å². The van der Waals surface area contributed by atoms with Crippen molar-refractivity contribution in [1.82, 2.24) is 4.98 Å². The van der Waals surface area contributed by atoms with E-state index in [2.05, 4.69) is 34.6 Å². The largest absolute Gasteiger partial charge is 0.369 e. The number of nitrogens with zero attached hydrogens (tertiary/aromatic N) is 1. The molecule has 0 bridgehead atoms. The zero-order valence-electron chi connectivity index (χ0n) is 9.06. The molecule has 16 heavy (non-hydrogen) atoms. The molecule has 3 rings (SSSR count). The molecule has 80 valence electrons. The van der Waals surface area contributed by atoms with Crippen LogP contribution in [-0.4, -0.2) is 11.5 Å². The summed E-state index contributed by atoms with van der Waals surface area (Å²) >= 11 is 0. The van der Waals surface area contributed by atoms with Gasteiger partial charge in [0.15, 0.2) is 0 Å². The number of anilines is 1. The molecular weight excluding hydrogens is 196 g/mol. The van der Waals surface area contributed by atoms with Gasteiger partial charge in [0.05, 0.1) is 0 Å². The number of rotatable bonds is 3. The first-order chi connectivity index (χ1) is 7.93. The Kier molecular flexibility index (Phi) is 2.33. The first kappa shape index (κ1) is 9.40. The number of pyridine rings is 1. The van der Waals surface area contributed by atoms with Crippen LogP contribution >= 0.6 is 0 Å². The van der Waals surface area contributed by atoms with Gasteiger partial charge in [-0.2, -0.15) is 0 Å². The van der Waals surface area contributed by atoms with Crippen molar-refractivity contribution in [3.63, 3.8) is 0 Å². The highest BCUT2D eigenvalue weighted by molar-refractivity contribution is 5.42. The summed E-state index contributed by atoms with van der Waals surface area (Å²) in [4.78, 5) is 4.25. The number of nitrogens with one attached hydrogen (secondary N) is 1. The lowest BCUT2D eigenvalue weighted by atomic mass is 9.77. The molecule has 1 aliphatic carbocycles. The molecule has 1 aromatic heterocycles. The molecule has 0 saturated carbocycles. The summed E-state index contributed by atoms with van der Waals surface area (Å²) in [6, 6.07) is 14.6. The maximum Gasteiger partial charge on any atom is 0.125 e. The van der Waals surface area contributed by atoms with Crippen LogP contribution < -0.4 is 5.32 Å². The minimum absolute atomic E-state index is 0.651.